The van der Waals surface area contributed by atoms with Crippen LogP contribution in [0, 0.1) is 5.92 Å². The Labute approximate surface area is 185 Å². The molecule has 1 amide bonds. The Kier molecular flexibility index (Phi) is 11.9. The predicted molar refractivity (Wildman–Crippen MR) is 122 cm³/mol. The number of nitrogens with one attached hydrogen (secondary N) is 1. The van der Waals surface area contributed by atoms with Crippen LogP contribution in [0.3, 0.4) is 0 Å². The minimum absolute atomic E-state index is 0. The number of rotatable bonds is 9. The number of amides is 1. The lowest BCUT2D eigenvalue weighted by atomic mass is 9.95. The largest absolute Gasteiger partial charge is 0.497 e. The summed E-state index contributed by atoms with van der Waals surface area (Å²) in [6, 6.07) is 7.90. The van der Waals surface area contributed by atoms with E-state index >= 15 is 0 Å². The van der Waals surface area contributed by atoms with E-state index in [-0.39, 0.29) is 29.9 Å². The molecule has 8 heteroatoms. The van der Waals surface area contributed by atoms with E-state index in [1.807, 2.05) is 24.3 Å². The molecule has 1 saturated heterocycles. The first-order chi connectivity index (χ1) is 13.1. The van der Waals surface area contributed by atoms with Gasteiger partial charge in [-0.15, -0.1) is 24.0 Å². The molecule has 158 valence electrons. The number of hydrogen-bond acceptors (Lipinski definition) is 4. The molecular weight excluding hydrogens is 471 g/mol. The summed E-state index contributed by atoms with van der Waals surface area (Å²) in [7, 11) is 3.45. The molecule has 1 unspecified atom stereocenters. The molecule has 0 bridgehead atoms. The number of hydrogen-bond donors (Lipinski definition) is 2. The van der Waals surface area contributed by atoms with E-state index in [1.54, 1.807) is 14.2 Å². The number of aliphatic imine (C=N–C) groups is 1. The molecule has 1 aliphatic heterocycles. The molecule has 0 aliphatic carbocycles. The molecule has 2 rings (SSSR count). The average Bonchev–Trinajstić information content (AvgIpc) is 2.67. The number of nitrogens with two attached hydrogens (primary N) is 1. The minimum Gasteiger partial charge on any atom is -0.497 e. The molecule has 0 saturated carbocycles. The number of halogens is 1. The second-order valence-electron chi connectivity index (χ2n) is 6.85. The molecule has 3 N–H and O–H groups in total. The highest BCUT2D eigenvalue weighted by molar-refractivity contribution is 14.0. The first kappa shape index (κ1) is 24.5. The Bertz CT molecular complexity index is 610. The van der Waals surface area contributed by atoms with Crippen molar-refractivity contribution in [2.45, 2.75) is 32.3 Å². The summed E-state index contributed by atoms with van der Waals surface area (Å²) in [5.74, 6) is 1.84. The van der Waals surface area contributed by atoms with Crippen LogP contribution in [-0.2, 0) is 16.1 Å². The number of carbonyl (C=O) groups excluding carboxylic acids is 1. The molecular formula is C20H33IN4O3. The molecule has 7 nitrogen and oxygen atoms in total. The second-order valence-corrected chi connectivity index (χ2v) is 6.85. The lowest BCUT2D eigenvalue weighted by Gasteiger charge is -2.34. The van der Waals surface area contributed by atoms with Gasteiger partial charge in [-0.1, -0.05) is 12.1 Å². The molecule has 1 atom stereocenters. The monoisotopic (exact) mass is 504 g/mol. The SMILES string of the molecule is CN=C(NCCCOCc1ccc(OC)cc1)N1CCCC(CC(N)=O)C1.I. The Morgan fingerprint density at radius 1 is 1.36 bits per heavy atom. The van der Waals surface area contributed by atoms with Gasteiger partial charge in [-0.25, -0.2) is 0 Å². The molecule has 1 aromatic carbocycles. The fourth-order valence-electron chi connectivity index (χ4n) is 3.33. The minimum atomic E-state index is -0.223. The van der Waals surface area contributed by atoms with Gasteiger partial charge in [-0.3, -0.25) is 9.79 Å². The number of carbonyl (C=O) groups is 1. The van der Waals surface area contributed by atoms with Crippen LogP contribution in [-0.4, -0.2) is 57.2 Å². The van der Waals surface area contributed by atoms with Crippen LogP contribution in [0.15, 0.2) is 29.3 Å². The molecule has 1 aromatic rings. The van der Waals surface area contributed by atoms with Crippen LogP contribution in [0.2, 0.25) is 0 Å². The van der Waals surface area contributed by atoms with Gasteiger partial charge >= 0.3 is 0 Å². The van der Waals surface area contributed by atoms with Crippen molar-refractivity contribution in [3.05, 3.63) is 29.8 Å². The number of piperidine rings is 1. The van der Waals surface area contributed by atoms with E-state index in [4.69, 9.17) is 15.2 Å². The zero-order valence-corrected chi connectivity index (χ0v) is 19.2. The summed E-state index contributed by atoms with van der Waals surface area (Å²) in [5.41, 5.74) is 6.47. The van der Waals surface area contributed by atoms with Gasteiger partial charge in [0.15, 0.2) is 5.96 Å². The summed E-state index contributed by atoms with van der Waals surface area (Å²) in [6.45, 7) is 3.87. The summed E-state index contributed by atoms with van der Waals surface area (Å²) in [4.78, 5) is 17.7. The van der Waals surface area contributed by atoms with Crippen LogP contribution >= 0.6 is 24.0 Å². The average molecular weight is 504 g/mol. The van der Waals surface area contributed by atoms with E-state index in [0.29, 0.717) is 25.6 Å². The number of methoxy groups -OCH3 is 1. The number of likely N-dealkylation sites (tertiary alicyclic amines) is 1. The van der Waals surface area contributed by atoms with Crippen LogP contribution < -0.4 is 15.8 Å². The van der Waals surface area contributed by atoms with Crippen molar-refractivity contribution in [2.75, 3.05) is 40.4 Å². The molecule has 0 radical (unpaired) electrons. The number of ether oxygens (including phenoxy) is 2. The van der Waals surface area contributed by atoms with Crippen LogP contribution in [0.5, 0.6) is 5.75 Å². The van der Waals surface area contributed by atoms with Crippen molar-refractivity contribution in [3.8, 4) is 5.75 Å². The maximum atomic E-state index is 11.2. The first-order valence-electron chi connectivity index (χ1n) is 9.57. The number of guanidine groups is 1. The Morgan fingerprint density at radius 3 is 2.75 bits per heavy atom. The maximum Gasteiger partial charge on any atom is 0.217 e. The number of nitrogens with zero attached hydrogens (tertiary/aromatic N) is 2. The topological polar surface area (TPSA) is 89.2 Å². The van der Waals surface area contributed by atoms with Gasteiger partial charge in [0.2, 0.25) is 5.91 Å². The summed E-state index contributed by atoms with van der Waals surface area (Å²) < 4.78 is 10.9. The van der Waals surface area contributed by atoms with Crippen molar-refractivity contribution in [1.29, 1.82) is 0 Å². The van der Waals surface area contributed by atoms with Gasteiger partial charge in [-0.05, 0) is 42.9 Å². The van der Waals surface area contributed by atoms with Gasteiger partial charge in [0.05, 0.1) is 13.7 Å². The lowest BCUT2D eigenvalue weighted by Crippen LogP contribution is -2.47. The van der Waals surface area contributed by atoms with Crippen molar-refractivity contribution < 1.29 is 14.3 Å². The summed E-state index contributed by atoms with van der Waals surface area (Å²) >= 11 is 0. The summed E-state index contributed by atoms with van der Waals surface area (Å²) in [6.07, 6.45) is 3.46. The third-order valence-electron chi connectivity index (χ3n) is 4.70. The van der Waals surface area contributed by atoms with E-state index in [2.05, 4.69) is 15.2 Å². The zero-order chi connectivity index (χ0) is 19.5. The highest BCUT2D eigenvalue weighted by Gasteiger charge is 2.23. The Hall–Kier alpha value is -1.55. The number of benzene rings is 1. The van der Waals surface area contributed by atoms with E-state index in [9.17, 15) is 4.79 Å². The molecule has 1 heterocycles. The third-order valence-corrected chi connectivity index (χ3v) is 4.70. The van der Waals surface area contributed by atoms with Crippen molar-refractivity contribution in [1.82, 2.24) is 10.2 Å². The Balaban J connectivity index is 0.00000392. The van der Waals surface area contributed by atoms with Crippen LogP contribution in [0.4, 0.5) is 0 Å². The van der Waals surface area contributed by atoms with E-state index in [0.717, 1.165) is 56.2 Å². The van der Waals surface area contributed by atoms with Crippen LogP contribution in [0.25, 0.3) is 0 Å². The van der Waals surface area contributed by atoms with Gasteiger partial charge in [0.1, 0.15) is 5.75 Å². The van der Waals surface area contributed by atoms with Gasteiger partial charge in [0.25, 0.3) is 0 Å². The van der Waals surface area contributed by atoms with Crippen molar-refractivity contribution in [3.63, 3.8) is 0 Å². The first-order valence-corrected chi connectivity index (χ1v) is 9.57. The fourth-order valence-corrected chi connectivity index (χ4v) is 3.33. The van der Waals surface area contributed by atoms with Gasteiger partial charge < -0.3 is 25.4 Å². The molecule has 0 aromatic heterocycles. The maximum absolute atomic E-state index is 11.2. The van der Waals surface area contributed by atoms with Crippen molar-refractivity contribution >= 4 is 35.8 Å². The zero-order valence-electron chi connectivity index (χ0n) is 16.9. The molecule has 0 spiro atoms. The predicted octanol–water partition coefficient (Wildman–Crippen LogP) is 2.38. The molecule has 28 heavy (non-hydrogen) atoms. The smallest absolute Gasteiger partial charge is 0.217 e. The van der Waals surface area contributed by atoms with Crippen molar-refractivity contribution in [2.24, 2.45) is 16.6 Å². The van der Waals surface area contributed by atoms with Gasteiger partial charge in [0, 0.05) is 39.7 Å². The van der Waals surface area contributed by atoms with Gasteiger partial charge in [-0.2, -0.15) is 0 Å². The third kappa shape index (κ3) is 8.64. The highest BCUT2D eigenvalue weighted by atomic mass is 127. The molecule has 1 fully saturated rings. The van der Waals surface area contributed by atoms with E-state index in [1.165, 1.54) is 0 Å². The summed E-state index contributed by atoms with van der Waals surface area (Å²) in [5, 5.41) is 3.39. The fraction of sp³-hybridized carbons (Fsp3) is 0.600. The lowest BCUT2D eigenvalue weighted by molar-refractivity contribution is -0.119. The normalized spacial score (nSPS) is 17.0. The Morgan fingerprint density at radius 2 is 2.11 bits per heavy atom. The standard InChI is InChI=1S/C20H32N4O3.HI/c1-22-20(24-11-3-5-17(14-24)13-19(21)25)23-10-4-12-27-15-16-6-8-18(26-2)9-7-16;/h6-9,17H,3-5,10-15H2,1-2H3,(H2,21,25)(H,22,23);1H. The highest BCUT2D eigenvalue weighted by Crippen LogP contribution is 2.19. The quantitative estimate of drug-likeness (QED) is 0.233. The molecule has 1 aliphatic rings. The van der Waals surface area contributed by atoms with E-state index < -0.39 is 0 Å². The second kappa shape index (κ2) is 13.6. The number of primary amides is 1. The van der Waals surface area contributed by atoms with Crippen LogP contribution in [0.1, 0.15) is 31.2 Å².